The molecule has 2 saturated carbocycles. The summed E-state index contributed by atoms with van der Waals surface area (Å²) in [7, 11) is 0. The molecule has 4 heteroatoms. The van der Waals surface area contributed by atoms with Crippen LogP contribution in [0.5, 0.6) is 0 Å². The Morgan fingerprint density at radius 2 is 2.00 bits per heavy atom. The number of fused-ring (bicyclic) bond motifs is 2. The summed E-state index contributed by atoms with van der Waals surface area (Å²) < 4.78 is 0. The third kappa shape index (κ3) is 1.21. The van der Waals surface area contributed by atoms with Gasteiger partial charge in [0, 0.05) is 0 Å². The lowest BCUT2D eigenvalue weighted by Crippen LogP contribution is -2.38. The normalized spacial score (nSPS) is 40.0. The molecule has 2 aliphatic rings. The number of carbonyl (C=O) groups is 2. The van der Waals surface area contributed by atoms with Crippen molar-refractivity contribution in [2.75, 3.05) is 0 Å². The maximum Gasteiger partial charge on any atom is 0.310 e. The molecular formula is C10H14O4. The van der Waals surface area contributed by atoms with Crippen molar-refractivity contribution in [1.82, 2.24) is 0 Å². The van der Waals surface area contributed by atoms with Gasteiger partial charge in [-0.15, -0.1) is 0 Å². The van der Waals surface area contributed by atoms with Crippen molar-refractivity contribution in [3.63, 3.8) is 0 Å². The smallest absolute Gasteiger partial charge is 0.310 e. The molecule has 0 spiro atoms. The highest BCUT2D eigenvalue weighted by atomic mass is 16.4. The number of rotatable bonds is 3. The van der Waals surface area contributed by atoms with Crippen LogP contribution in [-0.4, -0.2) is 22.2 Å². The first kappa shape index (κ1) is 9.49. The van der Waals surface area contributed by atoms with Gasteiger partial charge in [0.25, 0.3) is 0 Å². The van der Waals surface area contributed by atoms with E-state index >= 15 is 0 Å². The lowest BCUT2D eigenvalue weighted by molar-refractivity contribution is -0.159. The zero-order chi connectivity index (χ0) is 10.3. The lowest BCUT2D eigenvalue weighted by atomic mass is 9.71. The van der Waals surface area contributed by atoms with Crippen LogP contribution in [0.4, 0.5) is 0 Å². The summed E-state index contributed by atoms with van der Waals surface area (Å²) in [6, 6.07) is 0. The molecule has 2 fully saturated rings. The summed E-state index contributed by atoms with van der Waals surface area (Å²) in [6.07, 6.45) is 3.26. The van der Waals surface area contributed by atoms with Crippen LogP contribution in [0, 0.1) is 17.3 Å². The number of aliphatic carboxylic acids is 2. The van der Waals surface area contributed by atoms with E-state index in [2.05, 4.69) is 0 Å². The number of carboxylic acids is 2. The van der Waals surface area contributed by atoms with Crippen molar-refractivity contribution < 1.29 is 19.8 Å². The van der Waals surface area contributed by atoms with Crippen LogP contribution in [0.1, 0.15) is 32.1 Å². The standard InChI is InChI=1S/C10H14O4/c11-8(12)5-10(9(13)14)4-6-1-2-7(10)3-6/h6-7H,1-5H2,(H,11,12)(H,13,14)/t6-,7+,10-/m1/s1. The molecule has 78 valence electrons. The average Bonchev–Trinajstić information content (AvgIpc) is 2.61. The Morgan fingerprint density at radius 1 is 1.29 bits per heavy atom. The molecule has 3 atom stereocenters. The summed E-state index contributed by atoms with van der Waals surface area (Å²) in [5.41, 5.74) is -0.950. The molecule has 0 aromatic carbocycles. The van der Waals surface area contributed by atoms with Crippen molar-refractivity contribution in [2.45, 2.75) is 32.1 Å². The minimum atomic E-state index is -0.986. The Bertz CT molecular complexity index is 286. The van der Waals surface area contributed by atoms with Gasteiger partial charge in [-0.3, -0.25) is 9.59 Å². The highest BCUT2D eigenvalue weighted by Crippen LogP contribution is 2.57. The largest absolute Gasteiger partial charge is 0.481 e. The average molecular weight is 198 g/mol. The molecule has 2 rings (SSSR count). The zero-order valence-electron chi connectivity index (χ0n) is 7.90. The zero-order valence-corrected chi connectivity index (χ0v) is 7.90. The van der Waals surface area contributed by atoms with E-state index in [1.165, 1.54) is 0 Å². The fourth-order valence-corrected chi connectivity index (χ4v) is 3.27. The van der Waals surface area contributed by atoms with Crippen molar-refractivity contribution in [3.8, 4) is 0 Å². The van der Waals surface area contributed by atoms with Gasteiger partial charge in [0.05, 0.1) is 11.8 Å². The molecule has 0 aromatic heterocycles. The monoisotopic (exact) mass is 198 g/mol. The topological polar surface area (TPSA) is 74.6 Å². The van der Waals surface area contributed by atoms with E-state index in [1.54, 1.807) is 0 Å². The summed E-state index contributed by atoms with van der Waals surface area (Å²) in [5, 5.41) is 17.9. The first-order chi connectivity index (χ1) is 6.54. The third-order valence-electron chi connectivity index (χ3n) is 3.87. The predicted octanol–water partition coefficient (Wildman–Crippen LogP) is 1.35. The molecule has 0 heterocycles. The summed E-state index contributed by atoms with van der Waals surface area (Å²) in [6.45, 7) is 0. The Balaban J connectivity index is 2.24. The first-order valence-electron chi connectivity index (χ1n) is 5.00. The van der Waals surface area contributed by atoms with Crippen molar-refractivity contribution in [2.24, 2.45) is 17.3 Å². The molecule has 2 N–H and O–H groups in total. The van der Waals surface area contributed by atoms with Gasteiger partial charge in [0.2, 0.25) is 0 Å². The second-order valence-electron chi connectivity index (χ2n) is 4.61. The van der Waals surface area contributed by atoms with E-state index in [0.717, 1.165) is 19.3 Å². The van der Waals surface area contributed by atoms with Crippen LogP contribution in [0.3, 0.4) is 0 Å². The van der Waals surface area contributed by atoms with E-state index in [0.29, 0.717) is 12.3 Å². The second-order valence-corrected chi connectivity index (χ2v) is 4.61. The van der Waals surface area contributed by atoms with Gasteiger partial charge in [0.15, 0.2) is 0 Å². The van der Waals surface area contributed by atoms with Gasteiger partial charge in [0.1, 0.15) is 0 Å². The molecule has 14 heavy (non-hydrogen) atoms. The van der Waals surface area contributed by atoms with Crippen molar-refractivity contribution >= 4 is 11.9 Å². The van der Waals surface area contributed by atoms with Crippen molar-refractivity contribution in [3.05, 3.63) is 0 Å². The maximum absolute atomic E-state index is 11.2. The van der Waals surface area contributed by atoms with E-state index in [-0.39, 0.29) is 12.3 Å². The van der Waals surface area contributed by atoms with E-state index < -0.39 is 17.4 Å². The SMILES string of the molecule is O=C(O)C[C@]1(C(=O)O)C[C@@H]2CC[C@H]1C2. The van der Waals surface area contributed by atoms with Gasteiger partial charge in [-0.1, -0.05) is 6.42 Å². The minimum absolute atomic E-state index is 0.0982. The highest BCUT2D eigenvalue weighted by Gasteiger charge is 2.56. The summed E-state index contributed by atoms with van der Waals surface area (Å²) >= 11 is 0. The number of carboxylic acid groups (broad SMARTS) is 2. The molecule has 4 nitrogen and oxygen atoms in total. The molecule has 0 saturated heterocycles. The Kier molecular flexibility index (Phi) is 2.01. The van der Waals surface area contributed by atoms with Gasteiger partial charge in [-0.05, 0) is 31.1 Å². The molecule has 0 radical (unpaired) electrons. The molecule has 0 amide bonds. The molecule has 0 aliphatic heterocycles. The summed E-state index contributed by atoms with van der Waals surface area (Å²) in [4.78, 5) is 21.9. The Labute approximate surface area is 81.9 Å². The van der Waals surface area contributed by atoms with Gasteiger partial charge in [-0.25, -0.2) is 0 Å². The third-order valence-corrected chi connectivity index (χ3v) is 3.87. The quantitative estimate of drug-likeness (QED) is 0.717. The van der Waals surface area contributed by atoms with Crippen LogP contribution in [0.15, 0.2) is 0 Å². The minimum Gasteiger partial charge on any atom is -0.481 e. The van der Waals surface area contributed by atoms with Crippen molar-refractivity contribution in [1.29, 1.82) is 0 Å². The Hall–Kier alpha value is -1.06. The summed E-state index contributed by atoms with van der Waals surface area (Å²) in [5.74, 6) is -1.34. The molecule has 2 aliphatic carbocycles. The van der Waals surface area contributed by atoms with Crippen LogP contribution in [-0.2, 0) is 9.59 Å². The van der Waals surface area contributed by atoms with Crippen LogP contribution in [0.25, 0.3) is 0 Å². The fraction of sp³-hybridized carbons (Fsp3) is 0.800. The van der Waals surface area contributed by atoms with Gasteiger partial charge >= 0.3 is 11.9 Å². The maximum atomic E-state index is 11.2. The Morgan fingerprint density at radius 3 is 2.36 bits per heavy atom. The molecule has 0 aromatic rings. The van der Waals surface area contributed by atoms with E-state index in [1.807, 2.05) is 0 Å². The molecule has 0 unspecified atom stereocenters. The highest BCUT2D eigenvalue weighted by molar-refractivity contribution is 5.82. The molecule has 2 bridgehead atoms. The van der Waals surface area contributed by atoms with Gasteiger partial charge in [-0.2, -0.15) is 0 Å². The van der Waals surface area contributed by atoms with Crippen LogP contribution in [0.2, 0.25) is 0 Å². The predicted molar refractivity (Wildman–Crippen MR) is 47.8 cm³/mol. The molecular weight excluding hydrogens is 184 g/mol. The second kappa shape index (κ2) is 2.97. The number of hydrogen-bond donors (Lipinski definition) is 2. The number of hydrogen-bond acceptors (Lipinski definition) is 2. The van der Waals surface area contributed by atoms with E-state index in [9.17, 15) is 14.7 Å². The van der Waals surface area contributed by atoms with Crippen LogP contribution < -0.4 is 0 Å². The van der Waals surface area contributed by atoms with Crippen LogP contribution >= 0.6 is 0 Å². The van der Waals surface area contributed by atoms with Gasteiger partial charge < -0.3 is 10.2 Å². The lowest BCUT2D eigenvalue weighted by Gasteiger charge is -2.31. The fourth-order valence-electron chi connectivity index (χ4n) is 3.27. The first-order valence-corrected chi connectivity index (χ1v) is 5.00. The van der Waals surface area contributed by atoms with E-state index in [4.69, 9.17) is 5.11 Å².